The summed E-state index contributed by atoms with van der Waals surface area (Å²) in [6.07, 6.45) is 2.60. The molecular formula is C6H11NO. The monoisotopic (exact) mass is 113 g/mol. The zero-order valence-electron chi connectivity index (χ0n) is 4.89. The highest BCUT2D eigenvalue weighted by molar-refractivity contribution is 5.03. The molecule has 0 amide bonds. The fourth-order valence-electron chi connectivity index (χ4n) is 1.35. The molecule has 1 spiro atoms. The van der Waals surface area contributed by atoms with Crippen LogP contribution in [0.25, 0.3) is 0 Å². The van der Waals surface area contributed by atoms with E-state index in [-0.39, 0.29) is 0 Å². The second-order valence-electron chi connectivity index (χ2n) is 2.98. The first-order valence-electron chi connectivity index (χ1n) is 3.17. The van der Waals surface area contributed by atoms with E-state index in [1.807, 2.05) is 0 Å². The van der Waals surface area contributed by atoms with Crippen LogP contribution >= 0.6 is 0 Å². The molecular weight excluding hydrogens is 102 g/mol. The minimum Gasteiger partial charge on any atom is -0.379 e. The molecule has 1 heterocycles. The fraction of sp³-hybridized carbons (Fsp3) is 1.00. The lowest BCUT2D eigenvalue weighted by Gasteiger charge is -2.07. The van der Waals surface area contributed by atoms with Crippen molar-refractivity contribution in [3.8, 4) is 0 Å². The number of nitrogens with two attached hydrogens (primary N) is 1. The highest BCUT2D eigenvalue weighted by Crippen LogP contribution is 2.50. The molecule has 8 heavy (non-hydrogen) atoms. The van der Waals surface area contributed by atoms with Crippen LogP contribution in [0.5, 0.6) is 0 Å². The minimum atomic E-state index is 0.350. The zero-order valence-corrected chi connectivity index (χ0v) is 4.89. The van der Waals surface area contributed by atoms with Gasteiger partial charge < -0.3 is 10.5 Å². The van der Waals surface area contributed by atoms with Crippen molar-refractivity contribution < 1.29 is 4.74 Å². The average molecular weight is 113 g/mol. The highest BCUT2D eigenvalue weighted by atomic mass is 16.5. The second kappa shape index (κ2) is 1.25. The normalized spacial score (nSPS) is 40.9. The Morgan fingerprint density at radius 2 is 2.25 bits per heavy atom. The Kier molecular flexibility index (Phi) is 0.746. The standard InChI is InChI=1S/C6H11NO/c7-5-3-8-4-6(5)1-2-6/h5H,1-4,7H2/t5-/m0/s1. The highest BCUT2D eigenvalue weighted by Gasteiger charge is 2.51. The first-order valence-corrected chi connectivity index (χ1v) is 3.17. The molecule has 0 unspecified atom stereocenters. The lowest BCUT2D eigenvalue weighted by atomic mass is 10.0. The van der Waals surface area contributed by atoms with Gasteiger partial charge in [-0.3, -0.25) is 0 Å². The Labute approximate surface area is 49.0 Å². The van der Waals surface area contributed by atoms with Gasteiger partial charge in [-0.15, -0.1) is 0 Å². The van der Waals surface area contributed by atoms with E-state index in [0.29, 0.717) is 11.5 Å². The van der Waals surface area contributed by atoms with Crippen LogP contribution in [0.2, 0.25) is 0 Å². The number of hydrogen-bond acceptors (Lipinski definition) is 2. The molecule has 0 aromatic heterocycles. The maximum Gasteiger partial charge on any atom is 0.0624 e. The summed E-state index contributed by atoms with van der Waals surface area (Å²) >= 11 is 0. The molecule has 2 nitrogen and oxygen atoms in total. The molecule has 0 radical (unpaired) electrons. The van der Waals surface area contributed by atoms with Gasteiger partial charge in [-0.05, 0) is 12.8 Å². The summed E-state index contributed by atoms with van der Waals surface area (Å²) in [5.41, 5.74) is 6.21. The first kappa shape index (κ1) is 4.77. The summed E-state index contributed by atoms with van der Waals surface area (Å²) in [4.78, 5) is 0. The molecule has 1 aliphatic heterocycles. The molecule has 0 bridgehead atoms. The molecule has 1 saturated carbocycles. The maximum atomic E-state index is 5.75. The summed E-state index contributed by atoms with van der Waals surface area (Å²) in [6, 6.07) is 0.350. The van der Waals surface area contributed by atoms with Crippen LogP contribution in [0.15, 0.2) is 0 Å². The van der Waals surface area contributed by atoms with Crippen molar-refractivity contribution in [2.24, 2.45) is 11.1 Å². The summed E-state index contributed by atoms with van der Waals surface area (Å²) < 4.78 is 5.21. The Balaban J connectivity index is 2.12. The van der Waals surface area contributed by atoms with Crippen LogP contribution in [0.1, 0.15) is 12.8 Å². The van der Waals surface area contributed by atoms with Crippen molar-refractivity contribution >= 4 is 0 Å². The van der Waals surface area contributed by atoms with Crippen molar-refractivity contribution in [3.63, 3.8) is 0 Å². The van der Waals surface area contributed by atoms with Gasteiger partial charge in [0.15, 0.2) is 0 Å². The fourth-order valence-corrected chi connectivity index (χ4v) is 1.35. The summed E-state index contributed by atoms with van der Waals surface area (Å²) in [5, 5.41) is 0. The van der Waals surface area contributed by atoms with Crippen LogP contribution in [-0.2, 0) is 4.74 Å². The molecule has 2 N–H and O–H groups in total. The van der Waals surface area contributed by atoms with Crippen molar-refractivity contribution in [1.82, 2.24) is 0 Å². The molecule has 1 saturated heterocycles. The topological polar surface area (TPSA) is 35.2 Å². The molecule has 1 atom stereocenters. The third kappa shape index (κ3) is 0.446. The predicted molar refractivity (Wildman–Crippen MR) is 30.5 cm³/mol. The zero-order chi connectivity index (χ0) is 5.61. The third-order valence-corrected chi connectivity index (χ3v) is 2.37. The summed E-state index contributed by atoms with van der Waals surface area (Å²) in [7, 11) is 0. The molecule has 2 fully saturated rings. The van der Waals surface area contributed by atoms with Crippen molar-refractivity contribution in [2.75, 3.05) is 13.2 Å². The van der Waals surface area contributed by atoms with Gasteiger partial charge in [-0.1, -0.05) is 0 Å². The second-order valence-corrected chi connectivity index (χ2v) is 2.98. The molecule has 2 heteroatoms. The molecule has 2 aliphatic rings. The third-order valence-electron chi connectivity index (χ3n) is 2.37. The molecule has 2 rings (SSSR count). The smallest absolute Gasteiger partial charge is 0.0624 e. The lowest BCUT2D eigenvalue weighted by molar-refractivity contribution is 0.181. The van der Waals surface area contributed by atoms with Gasteiger partial charge >= 0.3 is 0 Å². The Bertz CT molecular complexity index is 109. The van der Waals surface area contributed by atoms with Gasteiger partial charge in [0.05, 0.1) is 13.2 Å². The molecule has 46 valence electrons. The van der Waals surface area contributed by atoms with Crippen LogP contribution in [-0.4, -0.2) is 19.3 Å². The van der Waals surface area contributed by atoms with E-state index in [1.165, 1.54) is 12.8 Å². The van der Waals surface area contributed by atoms with Crippen molar-refractivity contribution in [1.29, 1.82) is 0 Å². The Hall–Kier alpha value is -0.0800. The van der Waals surface area contributed by atoms with Gasteiger partial charge in [-0.25, -0.2) is 0 Å². The van der Waals surface area contributed by atoms with E-state index >= 15 is 0 Å². The molecule has 1 aliphatic carbocycles. The lowest BCUT2D eigenvalue weighted by Crippen LogP contribution is -2.29. The number of rotatable bonds is 0. The van der Waals surface area contributed by atoms with Crippen molar-refractivity contribution in [3.05, 3.63) is 0 Å². The van der Waals surface area contributed by atoms with Gasteiger partial charge in [-0.2, -0.15) is 0 Å². The van der Waals surface area contributed by atoms with E-state index < -0.39 is 0 Å². The predicted octanol–water partition coefficient (Wildman–Crippen LogP) is 0.124. The van der Waals surface area contributed by atoms with Gasteiger partial charge in [0, 0.05) is 11.5 Å². The largest absolute Gasteiger partial charge is 0.379 e. The SMILES string of the molecule is N[C@H]1COCC12CC2. The van der Waals surface area contributed by atoms with E-state index in [1.54, 1.807) is 0 Å². The quantitative estimate of drug-likeness (QED) is 0.484. The van der Waals surface area contributed by atoms with Crippen LogP contribution < -0.4 is 5.73 Å². The Morgan fingerprint density at radius 1 is 1.50 bits per heavy atom. The van der Waals surface area contributed by atoms with Gasteiger partial charge in [0.25, 0.3) is 0 Å². The summed E-state index contributed by atoms with van der Waals surface area (Å²) in [6.45, 7) is 1.72. The van der Waals surface area contributed by atoms with Gasteiger partial charge in [0.2, 0.25) is 0 Å². The van der Waals surface area contributed by atoms with Crippen LogP contribution in [0.3, 0.4) is 0 Å². The minimum absolute atomic E-state index is 0.350. The van der Waals surface area contributed by atoms with E-state index in [2.05, 4.69) is 0 Å². The van der Waals surface area contributed by atoms with Gasteiger partial charge in [0.1, 0.15) is 0 Å². The van der Waals surface area contributed by atoms with E-state index in [9.17, 15) is 0 Å². The summed E-state index contributed by atoms with van der Waals surface area (Å²) in [5.74, 6) is 0. The number of hydrogen-bond donors (Lipinski definition) is 1. The first-order chi connectivity index (χ1) is 3.83. The average Bonchev–Trinajstić information content (AvgIpc) is 2.39. The molecule has 0 aromatic rings. The van der Waals surface area contributed by atoms with Crippen LogP contribution in [0.4, 0.5) is 0 Å². The van der Waals surface area contributed by atoms with Crippen LogP contribution in [0, 0.1) is 5.41 Å². The number of ether oxygens (including phenoxy) is 1. The Morgan fingerprint density at radius 3 is 2.50 bits per heavy atom. The maximum absolute atomic E-state index is 5.75. The van der Waals surface area contributed by atoms with E-state index in [0.717, 1.165) is 13.2 Å². The molecule has 0 aromatic carbocycles. The van der Waals surface area contributed by atoms with Crippen molar-refractivity contribution in [2.45, 2.75) is 18.9 Å². The van der Waals surface area contributed by atoms with E-state index in [4.69, 9.17) is 10.5 Å².